The molecule has 0 aromatic rings. The van der Waals surface area contributed by atoms with E-state index in [1.165, 1.54) is 0 Å². The van der Waals surface area contributed by atoms with Crippen LogP contribution >= 0.6 is 0 Å². The molecular formula is C9H12O2. The van der Waals surface area contributed by atoms with E-state index in [0.29, 0.717) is 12.7 Å². The smallest absolute Gasteiger partial charge is 0.118 e. The summed E-state index contributed by atoms with van der Waals surface area (Å²) in [5.74, 6) is 0.746. The molecule has 1 saturated heterocycles. The van der Waals surface area contributed by atoms with Crippen molar-refractivity contribution >= 4 is 0 Å². The number of epoxide rings is 1. The van der Waals surface area contributed by atoms with Crippen LogP contribution < -0.4 is 0 Å². The molecule has 0 bridgehead atoms. The standard InChI is InChI=1S/C9H12O2/c1-3-5-8(4-2)10-6-9-7-11-9/h3-5,9H,1-2,6-7H2/b8-5+. The van der Waals surface area contributed by atoms with E-state index in [9.17, 15) is 0 Å². The van der Waals surface area contributed by atoms with Gasteiger partial charge in [0, 0.05) is 0 Å². The Labute approximate surface area is 66.8 Å². The predicted octanol–water partition coefficient (Wildman–Crippen LogP) is 1.66. The number of hydrogen-bond donors (Lipinski definition) is 0. The largest absolute Gasteiger partial charge is 0.491 e. The third kappa shape index (κ3) is 3.05. The van der Waals surface area contributed by atoms with Crippen molar-refractivity contribution in [3.63, 3.8) is 0 Å². The van der Waals surface area contributed by atoms with Crippen LogP contribution in [0.4, 0.5) is 0 Å². The normalized spacial score (nSPS) is 22.5. The lowest BCUT2D eigenvalue weighted by atomic mass is 10.4. The Bertz CT molecular complexity index is 178. The minimum absolute atomic E-state index is 0.295. The van der Waals surface area contributed by atoms with Gasteiger partial charge in [0.1, 0.15) is 18.5 Å². The lowest BCUT2D eigenvalue weighted by Gasteiger charge is -2.02. The first-order valence-corrected chi connectivity index (χ1v) is 3.56. The lowest BCUT2D eigenvalue weighted by molar-refractivity contribution is 0.193. The summed E-state index contributed by atoms with van der Waals surface area (Å²) in [5.41, 5.74) is 0. The summed E-state index contributed by atoms with van der Waals surface area (Å²) in [4.78, 5) is 0. The Hall–Kier alpha value is -1.02. The average Bonchev–Trinajstić information content (AvgIpc) is 2.81. The van der Waals surface area contributed by atoms with Crippen LogP contribution in [0.2, 0.25) is 0 Å². The zero-order valence-corrected chi connectivity index (χ0v) is 6.45. The predicted molar refractivity (Wildman–Crippen MR) is 44.2 cm³/mol. The molecule has 0 N–H and O–H groups in total. The minimum Gasteiger partial charge on any atom is -0.491 e. The number of allylic oxidation sites excluding steroid dienone is 3. The maximum absolute atomic E-state index is 5.30. The molecule has 1 unspecified atom stereocenters. The second-order valence-electron chi connectivity index (χ2n) is 2.28. The van der Waals surface area contributed by atoms with Crippen molar-refractivity contribution in [1.29, 1.82) is 0 Å². The summed E-state index contributed by atoms with van der Waals surface area (Å²) in [5, 5.41) is 0. The van der Waals surface area contributed by atoms with Crippen LogP contribution in [0.25, 0.3) is 0 Å². The quantitative estimate of drug-likeness (QED) is 0.339. The fourth-order valence-electron chi connectivity index (χ4n) is 0.645. The Kier molecular flexibility index (Phi) is 2.93. The molecule has 1 aliphatic rings. The second-order valence-corrected chi connectivity index (χ2v) is 2.28. The topological polar surface area (TPSA) is 21.8 Å². The summed E-state index contributed by atoms with van der Waals surface area (Å²) < 4.78 is 10.3. The van der Waals surface area contributed by atoms with Crippen molar-refractivity contribution in [3.8, 4) is 0 Å². The minimum atomic E-state index is 0.295. The van der Waals surface area contributed by atoms with Crippen LogP contribution in [0.1, 0.15) is 0 Å². The van der Waals surface area contributed by atoms with Crippen molar-refractivity contribution in [2.75, 3.05) is 13.2 Å². The van der Waals surface area contributed by atoms with Crippen LogP contribution in [0, 0.1) is 0 Å². The van der Waals surface area contributed by atoms with Crippen LogP contribution in [-0.4, -0.2) is 19.3 Å². The van der Waals surface area contributed by atoms with E-state index in [-0.39, 0.29) is 0 Å². The molecule has 11 heavy (non-hydrogen) atoms. The van der Waals surface area contributed by atoms with E-state index in [2.05, 4.69) is 13.2 Å². The summed E-state index contributed by atoms with van der Waals surface area (Å²) in [6.45, 7) is 8.59. The molecule has 0 spiro atoms. The molecule has 1 rings (SSSR count). The van der Waals surface area contributed by atoms with Crippen LogP contribution in [0.15, 0.2) is 37.1 Å². The van der Waals surface area contributed by atoms with Gasteiger partial charge in [0.2, 0.25) is 0 Å². The lowest BCUT2D eigenvalue weighted by Crippen LogP contribution is -1.99. The SMILES string of the molecule is C=C/C=C(\C=C)OCC1CO1. The van der Waals surface area contributed by atoms with Crippen molar-refractivity contribution in [2.45, 2.75) is 6.10 Å². The van der Waals surface area contributed by atoms with E-state index >= 15 is 0 Å². The zero-order chi connectivity index (χ0) is 8.10. The van der Waals surface area contributed by atoms with Crippen LogP contribution in [-0.2, 0) is 9.47 Å². The van der Waals surface area contributed by atoms with Gasteiger partial charge in [0.25, 0.3) is 0 Å². The van der Waals surface area contributed by atoms with Gasteiger partial charge in [-0.2, -0.15) is 0 Å². The molecule has 2 heteroatoms. The molecule has 1 heterocycles. The van der Waals surface area contributed by atoms with E-state index in [0.717, 1.165) is 12.4 Å². The van der Waals surface area contributed by atoms with Gasteiger partial charge in [0.05, 0.1) is 6.61 Å². The van der Waals surface area contributed by atoms with Crippen LogP contribution in [0.3, 0.4) is 0 Å². The Balaban J connectivity index is 2.23. The maximum atomic E-state index is 5.30. The van der Waals surface area contributed by atoms with Gasteiger partial charge in [-0.05, 0) is 12.2 Å². The molecule has 1 aliphatic heterocycles. The van der Waals surface area contributed by atoms with Crippen molar-refractivity contribution in [2.24, 2.45) is 0 Å². The molecule has 60 valence electrons. The maximum Gasteiger partial charge on any atom is 0.118 e. The number of ether oxygens (including phenoxy) is 2. The Morgan fingerprint density at radius 2 is 2.36 bits per heavy atom. The highest BCUT2D eigenvalue weighted by Crippen LogP contribution is 2.11. The molecule has 2 nitrogen and oxygen atoms in total. The first-order chi connectivity index (χ1) is 5.36. The Morgan fingerprint density at radius 3 is 2.82 bits per heavy atom. The second kappa shape index (κ2) is 3.98. The van der Waals surface area contributed by atoms with Crippen molar-refractivity contribution in [1.82, 2.24) is 0 Å². The Morgan fingerprint density at radius 1 is 1.64 bits per heavy atom. The highest BCUT2D eigenvalue weighted by Gasteiger charge is 2.22. The van der Waals surface area contributed by atoms with E-state index in [1.807, 2.05) is 0 Å². The first-order valence-electron chi connectivity index (χ1n) is 3.56. The number of rotatable bonds is 5. The third-order valence-corrected chi connectivity index (χ3v) is 1.32. The number of hydrogen-bond acceptors (Lipinski definition) is 2. The molecule has 0 amide bonds. The van der Waals surface area contributed by atoms with Gasteiger partial charge < -0.3 is 9.47 Å². The van der Waals surface area contributed by atoms with Crippen molar-refractivity contribution < 1.29 is 9.47 Å². The molecule has 0 aromatic heterocycles. The molecule has 0 radical (unpaired) electrons. The van der Waals surface area contributed by atoms with Gasteiger partial charge in [-0.15, -0.1) is 0 Å². The monoisotopic (exact) mass is 152 g/mol. The first kappa shape index (κ1) is 8.08. The fraction of sp³-hybridized carbons (Fsp3) is 0.333. The molecule has 0 aliphatic carbocycles. The van der Waals surface area contributed by atoms with Gasteiger partial charge in [-0.1, -0.05) is 19.2 Å². The van der Waals surface area contributed by atoms with Crippen molar-refractivity contribution in [3.05, 3.63) is 37.1 Å². The summed E-state index contributed by atoms with van der Waals surface area (Å²) in [6, 6.07) is 0. The molecule has 1 fully saturated rings. The molecule has 0 saturated carbocycles. The van der Waals surface area contributed by atoms with Gasteiger partial charge >= 0.3 is 0 Å². The highest BCUT2D eigenvalue weighted by molar-refractivity contribution is 5.14. The van der Waals surface area contributed by atoms with Gasteiger partial charge in [-0.3, -0.25) is 0 Å². The van der Waals surface area contributed by atoms with Gasteiger partial charge in [0.15, 0.2) is 0 Å². The summed E-state index contributed by atoms with van der Waals surface area (Å²) >= 11 is 0. The fourth-order valence-corrected chi connectivity index (χ4v) is 0.645. The summed E-state index contributed by atoms with van der Waals surface area (Å²) in [7, 11) is 0. The zero-order valence-electron chi connectivity index (χ0n) is 6.45. The van der Waals surface area contributed by atoms with E-state index in [1.54, 1.807) is 18.2 Å². The highest BCUT2D eigenvalue weighted by atomic mass is 16.6. The van der Waals surface area contributed by atoms with Gasteiger partial charge in [-0.25, -0.2) is 0 Å². The average molecular weight is 152 g/mol. The summed E-state index contributed by atoms with van der Waals surface area (Å²) in [6.07, 6.45) is 5.40. The van der Waals surface area contributed by atoms with E-state index < -0.39 is 0 Å². The van der Waals surface area contributed by atoms with E-state index in [4.69, 9.17) is 9.47 Å². The molecular weight excluding hydrogens is 140 g/mol. The third-order valence-electron chi connectivity index (χ3n) is 1.32. The molecule has 0 aromatic carbocycles. The van der Waals surface area contributed by atoms with Crippen LogP contribution in [0.5, 0.6) is 0 Å². The molecule has 1 atom stereocenters.